The molecule has 1 unspecified atom stereocenters. The van der Waals surface area contributed by atoms with E-state index in [0.29, 0.717) is 11.1 Å². The van der Waals surface area contributed by atoms with Crippen molar-refractivity contribution in [2.45, 2.75) is 32.9 Å². The van der Waals surface area contributed by atoms with Crippen molar-refractivity contribution in [1.82, 2.24) is 4.57 Å². The average molecular weight is 249 g/mol. The van der Waals surface area contributed by atoms with Crippen LogP contribution in [0, 0.1) is 0 Å². The number of esters is 1. The maximum Gasteiger partial charge on any atom is 0.420 e. The summed E-state index contributed by atoms with van der Waals surface area (Å²) in [6.07, 6.45) is 0.596. The fourth-order valence-electron chi connectivity index (χ4n) is 1.64. The Kier molecular flexibility index (Phi) is 3.50. The smallest absolute Gasteiger partial charge is 0.420 e. The van der Waals surface area contributed by atoms with E-state index >= 15 is 0 Å². The van der Waals surface area contributed by atoms with Crippen LogP contribution in [0.25, 0.3) is 11.1 Å². The highest BCUT2D eigenvalue weighted by Crippen LogP contribution is 2.11. The Balaban J connectivity index is 2.24. The van der Waals surface area contributed by atoms with E-state index < -0.39 is 11.7 Å². The van der Waals surface area contributed by atoms with E-state index in [9.17, 15) is 9.59 Å². The fourth-order valence-corrected chi connectivity index (χ4v) is 1.64. The van der Waals surface area contributed by atoms with Crippen LogP contribution in [0.2, 0.25) is 0 Å². The Morgan fingerprint density at radius 3 is 2.89 bits per heavy atom. The molecule has 96 valence electrons. The summed E-state index contributed by atoms with van der Waals surface area (Å²) in [5.41, 5.74) is 1.07. The molecule has 0 aliphatic rings. The third kappa shape index (κ3) is 2.45. The Morgan fingerprint density at radius 2 is 2.17 bits per heavy atom. The van der Waals surface area contributed by atoms with Crippen molar-refractivity contribution in [2.24, 2.45) is 0 Å². The first kappa shape index (κ1) is 12.4. The van der Waals surface area contributed by atoms with Crippen LogP contribution in [0.15, 0.2) is 33.5 Å². The van der Waals surface area contributed by atoms with E-state index in [1.807, 2.05) is 13.8 Å². The van der Waals surface area contributed by atoms with Gasteiger partial charge in [0, 0.05) is 0 Å². The molecule has 0 bridgehead atoms. The zero-order chi connectivity index (χ0) is 13.1. The first-order chi connectivity index (χ1) is 8.61. The predicted molar refractivity (Wildman–Crippen MR) is 66.3 cm³/mol. The quantitative estimate of drug-likeness (QED) is 0.777. The highest BCUT2D eigenvalue weighted by atomic mass is 16.5. The molecule has 0 aliphatic heterocycles. The lowest BCUT2D eigenvalue weighted by molar-refractivity contribution is -0.149. The van der Waals surface area contributed by atoms with E-state index in [-0.39, 0.29) is 12.6 Å². The molecule has 5 heteroatoms. The van der Waals surface area contributed by atoms with E-state index in [2.05, 4.69) is 0 Å². The summed E-state index contributed by atoms with van der Waals surface area (Å²) >= 11 is 0. The second-order valence-electron chi connectivity index (χ2n) is 4.13. The molecule has 0 radical (unpaired) electrons. The molecule has 2 aromatic rings. The Hall–Kier alpha value is -2.04. The monoisotopic (exact) mass is 249 g/mol. The molecular formula is C13H15NO4. The zero-order valence-corrected chi connectivity index (χ0v) is 10.4. The molecule has 1 heterocycles. The van der Waals surface area contributed by atoms with E-state index in [1.165, 1.54) is 4.57 Å². The number of carbonyl (C=O) groups is 1. The van der Waals surface area contributed by atoms with Gasteiger partial charge in [-0.1, -0.05) is 19.1 Å². The average Bonchev–Trinajstić information content (AvgIpc) is 2.66. The minimum atomic E-state index is -0.544. The molecule has 0 saturated heterocycles. The van der Waals surface area contributed by atoms with Gasteiger partial charge in [-0.3, -0.25) is 9.36 Å². The van der Waals surface area contributed by atoms with Gasteiger partial charge in [-0.15, -0.1) is 0 Å². The van der Waals surface area contributed by atoms with Gasteiger partial charge in [-0.25, -0.2) is 4.79 Å². The van der Waals surface area contributed by atoms with Gasteiger partial charge in [-0.05, 0) is 25.5 Å². The molecule has 0 fully saturated rings. The number of hydrogen-bond donors (Lipinski definition) is 0. The summed E-state index contributed by atoms with van der Waals surface area (Å²) in [5.74, 6) is -0.977. The second kappa shape index (κ2) is 5.08. The van der Waals surface area contributed by atoms with Crippen molar-refractivity contribution < 1.29 is 13.9 Å². The number of nitrogens with zero attached hydrogens (tertiary/aromatic N) is 1. The van der Waals surface area contributed by atoms with Crippen LogP contribution in [-0.2, 0) is 16.1 Å². The van der Waals surface area contributed by atoms with Gasteiger partial charge in [0.15, 0.2) is 5.58 Å². The summed E-state index contributed by atoms with van der Waals surface area (Å²) in [5, 5.41) is 0. The molecule has 5 nitrogen and oxygen atoms in total. The van der Waals surface area contributed by atoms with Crippen molar-refractivity contribution >= 4 is 17.1 Å². The molecule has 0 saturated carbocycles. The van der Waals surface area contributed by atoms with Crippen LogP contribution in [0.4, 0.5) is 0 Å². The van der Waals surface area contributed by atoms with Crippen LogP contribution in [0.5, 0.6) is 0 Å². The lowest BCUT2D eigenvalue weighted by Crippen LogP contribution is -2.24. The third-order valence-electron chi connectivity index (χ3n) is 2.77. The number of para-hydroxylation sites is 2. The minimum Gasteiger partial charge on any atom is -0.461 e. The summed E-state index contributed by atoms with van der Waals surface area (Å²) in [7, 11) is 0. The predicted octanol–water partition coefficient (Wildman–Crippen LogP) is 1.94. The highest BCUT2D eigenvalue weighted by molar-refractivity contribution is 5.76. The van der Waals surface area contributed by atoms with Crippen molar-refractivity contribution in [3.05, 3.63) is 34.8 Å². The number of hydrogen-bond acceptors (Lipinski definition) is 4. The fraction of sp³-hybridized carbons (Fsp3) is 0.385. The second-order valence-corrected chi connectivity index (χ2v) is 4.13. The number of oxazole rings is 1. The standard InChI is InChI=1S/C13H15NO4/c1-3-9(2)17-12(15)8-14-10-6-4-5-7-11(10)18-13(14)16/h4-7,9H,3,8H2,1-2H3. The van der Waals surface area contributed by atoms with Crippen LogP contribution in [-0.4, -0.2) is 16.6 Å². The van der Waals surface area contributed by atoms with E-state index in [4.69, 9.17) is 9.15 Å². The lowest BCUT2D eigenvalue weighted by atomic mass is 10.3. The van der Waals surface area contributed by atoms with Crippen LogP contribution >= 0.6 is 0 Å². The molecule has 18 heavy (non-hydrogen) atoms. The summed E-state index contributed by atoms with van der Waals surface area (Å²) in [6.45, 7) is 3.62. The molecule has 1 atom stereocenters. The summed E-state index contributed by atoms with van der Waals surface area (Å²) in [4.78, 5) is 23.3. The number of ether oxygens (including phenoxy) is 1. The largest absolute Gasteiger partial charge is 0.461 e. The highest BCUT2D eigenvalue weighted by Gasteiger charge is 2.14. The molecule has 1 aromatic carbocycles. The summed E-state index contributed by atoms with van der Waals surface area (Å²) in [6, 6.07) is 6.98. The molecule has 1 aromatic heterocycles. The van der Waals surface area contributed by atoms with E-state index in [1.54, 1.807) is 24.3 Å². The molecule has 0 spiro atoms. The van der Waals surface area contributed by atoms with Gasteiger partial charge in [0.05, 0.1) is 11.6 Å². The van der Waals surface area contributed by atoms with Crippen molar-refractivity contribution in [2.75, 3.05) is 0 Å². The Labute approximate surface area is 104 Å². The molecular weight excluding hydrogens is 234 g/mol. The van der Waals surface area contributed by atoms with Gasteiger partial charge >= 0.3 is 11.7 Å². The van der Waals surface area contributed by atoms with Crippen molar-refractivity contribution in [3.8, 4) is 0 Å². The molecule has 0 N–H and O–H groups in total. The third-order valence-corrected chi connectivity index (χ3v) is 2.77. The van der Waals surface area contributed by atoms with Gasteiger partial charge < -0.3 is 9.15 Å². The number of carbonyl (C=O) groups excluding carboxylic acids is 1. The van der Waals surface area contributed by atoms with Gasteiger partial charge in [-0.2, -0.15) is 0 Å². The first-order valence-electron chi connectivity index (χ1n) is 5.89. The zero-order valence-electron chi connectivity index (χ0n) is 10.4. The number of aromatic nitrogens is 1. The minimum absolute atomic E-state index is 0.125. The van der Waals surface area contributed by atoms with Crippen LogP contribution < -0.4 is 5.76 Å². The summed E-state index contributed by atoms with van der Waals surface area (Å²) < 4.78 is 11.4. The molecule has 0 amide bonds. The first-order valence-corrected chi connectivity index (χ1v) is 5.89. The number of fused-ring (bicyclic) bond motifs is 1. The topological polar surface area (TPSA) is 61.4 Å². The maximum absolute atomic E-state index is 11.7. The molecule has 2 rings (SSSR count). The van der Waals surface area contributed by atoms with Gasteiger partial charge in [0.25, 0.3) is 0 Å². The Morgan fingerprint density at radius 1 is 1.44 bits per heavy atom. The Bertz CT molecular complexity index is 611. The number of benzene rings is 1. The van der Waals surface area contributed by atoms with Crippen LogP contribution in [0.3, 0.4) is 0 Å². The number of rotatable bonds is 4. The molecule has 0 aliphatic carbocycles. The van der Waals surface area contributed by atoms with Crippen LogP contribution in [0.1, 0.15) is 20.3 Å². The maximum atomic E-state index is 11.7. The van der Waals surface area contributed by atoms with E-state index in [0.717, 1.165) is 6.42 Å². The van der Waals surface area contributed by atoms with Crippen molar-refractivity contribution in [1.29, 1.82) is 0 Å². The SMILES string of the molecule is CCC(C)OC(=O)Cn1c(=O)oc2ccccc21. The van der Waals surface area contributed by atoms with Crippen molar-refractivity contribution in [3.63, 3.8) is 0 Å². The lowest BCUT2D eigenvalue weighted by Gasteiger charge is -2.10. The van der Waals surface area contributed by atoms with Gasteiger partial charge in [0.1, 0.15) is 6.54 Å². The van der Waals surface area contributed by atoms with Gasteiger partial charge in [0.2, 0.25) is 0 Å². The normalized spacial score (nSPS) is 12.6.